The van der Waals surface area contributed by atoms with Crippen molar-refractivity contribution in [1.29, 1.82) is 5.41 Å². The zero-order chi connectivity index (χ0) is 14.9. The highest BCUT2D eigenvalue weighted by Crippen LogP contribution is 2.13. The van der Waals surface area contributed by atoms with Crippen LogP contribution in [0.4, 0.5) is 0 Å². The molecule has 0 aliphatic rings. The Morgan fingerprint density at radius 1 is 0.700 bits per heavy atom. The van der Waals surface area contributed by atoms with Crippen molar-refractivity contribution in [2.75, 3.05) is 5.75 Å². The number of nitrogens with one attached hydrogen (secondary N) is 1. The van der Waals surface area contributed by atoms with Gasteiger partial charge in [0, 0.05) is 5.75 Å². The van der Waals surface area contributed by atoms with E-state index in [0.717, 1.165) is 5.75 Å². The zero-order valence-electron chi connectivity index (χ0n) is 13.6. The SMILES string of the molecule is CCCCCCCCCCCCCCCCSC(=N)N. The fraction of sp³-hybridized carbons (Fsp3) is 0.941. The van der Waals surface area contributed by atoms with E-state index in [1.165, 1.54) is 102 Å². The fourth-order valence-electron chi connectivity index (χ4n) is 2.48. The maximum atomic E-state index is 7.11. The Kier molecular flexibility index (Phi) is 16.7. The van der Waals surface area contributed by atoms with Crippen molar-refractivity contribution in [3.8, 4) is 0 Å². The highest BCUT2D eigenvalue weighted by molar-refractivity contribution is 8.13. The molecule has 3 heteroatoms. The van der Waals surface area contributed by atoms with Crippen molar-refractivity contribution < 1.29 is 0 Å². The monoisotopic (exact) mass is 300 g/mol. The second kappa shape index (κ2) is 16.9. The van der Waals surface area contributed by atoms with Gasteiger partial charge < -0.3 is 5.73 Å². The normalized spacial score (nSPS) is 10.8. The molecule has 0 atom stereocenters. The van der Waals surface area contributed by atoms with E-state index in [4.69, 9.17) is 11.1 Å². The second-order valence-corrected chi connectivity index (χ2v) is 6.95. The first-order chi connectivity index (χ1) is 9.77. The van der Waals surface area contributed by atoms with Gasteiger partial charge in [-0.05, 0) is 6.42 Å². The highest BCUT2D eigenvalue weighted by Gasteiger charge is 1.95. The van der Waals surface area contributed by atoms with Gasteiger partial charge in [-0.15, -0.1) is 0 Å². The van der Waals surface area contributed by atoms with E-state index in [2.05, 4.69) is 6.92 Å². The maximum absolute atomic E-state index is 7.11. The van der Waals surface area contributed by atoms with Crippen molar-refractivity contribution in [3.63, 3.8) is 0 Å². The lowest BCUT2D eigenvalue weighted by Gasteiger charge is -2.03. The third-order valence-electron chi connectivity index (χ3n) is 3.76. The Morgan fingerprint density at radius 3 is 1.40 bits per heavy atom. The number of rotatable bonds is 15. The summed E-state index contributed by atoms with van der Waals surface area (Å²) in [4.78, 5) is 0. The number of amidine groups is 1. The third kappa shape index (κ3) is 17.8. The molecule has 0 aromatic carbocycles. The Balaban J connectivity index is 2.94. The van der Waals surface area contributed by atoms with Gasteiger partial charge in [0.1, 0.15) is 0 Å². The minimum Gasteiger partial charge on any atom is -0.379 e. The molecule has 0 amide bonds. The summed E-state index contributed by atoms with van der Waals surface area (Å²) >= 11 is 1.48. The van der Waals surface area contributed by atoms with E-state index in [1.807, 2.05) is 0 Å². The van der Waals surface area contributed by atoms with Crippen LogP contribution in [-0.2, 0) is 0 Å². The predicted molar refractivity (Wildman–Crippen MR) is 94.7 cm³/mol. The lowest BCUT2D eigenvalue weighted by molar-refractivity contribution is 0.538. The zero-order valence-corrected chi connectivity index (χ0v) is 14.4. The lowest BCUT2D eigenvalue weighted by atomic mass is 10.0. The molecule has 0 radical (unpaired) electrons. The average Bonchev–Trinajstić information content (AvgIpc) is 2.43. The van der Waals surface area contributed by atoms with Crippen LogP contribution in [0.2, 0.25) is 0 Å². The van der Waals surface area contributed by atoms with Crippen LogP contribution in [0.1, 0.15) is 96.8 Å². The van der Waals surface area contributed by atoms with Gasteiger partial charge in [0.25, 0.3) is 0 Å². The van der Waals surface area contributed by atoms with E-state index in [9.17, 15) is 0 Å². The molecule has 0 saturated heterocycles. The van der Waals surface area contributed by atoms with Gasteiger partial charge >= 0.3 is 0 Å². The topological polar surface area (TPSA) is 49.9 Å². The Hall–Kier alpha value is -0.180. The first kappa shape index (κ1) is 19.8. The van der Waals surface area contributed by atoms with E-state index in [0.29, 0.717) is 0 Å². The molecule has 0 bridgehead atoms. The minimum atomic E-state index is 0.264. The smallest absolute Gasteiger partial charge is 0.151 e. The van der Waals surface area contributed by atoms with Crippen molar-refractivity contribution >= 4 is 16.9 Å². The van der Waals surface area contributed by atoms with Gasteiger partial charge in [-0.25, -0.2) is 0 Å². The van der Waals surface area contributed by atoms with E-state index in [1.54, 1.807) is 0 Å². The molecule has 0 aliphatic heterocycles. The van der Waals surface area contributed by atoms with Gasteiger partial charge in [-0.3, -0.25) is 5.41 Å². The van der Waals surface area contributed by atoms with E-state index >= 15 is 0 Å². The average molecular weight is 301 g/mol. The van der Waals surface area contributed by atoms with Crippen LogP contribution >= 0.6 is 11.8 Å². The number of unbranched alkanes of at least 4 members (excludes halogenated alkanes) is 13. The maximum Gasteiger partial charge on any atom is 0.151 e. The second-order valence-electron chi connectivity index (χ2n) is 5.81. The number of thioether (sulfide) groups is 1. The molecule has 2 nitrogen and oxygen atoms in total. The molecule has 3 N–H and O–H groups in total. The van der Waals surface area contributed by atoms with Crippen LogP contribution in [0.5, 0.6) is 0 Å². The molecule has 0 unspecified atom stereocenters. The summed E-state index contributed by atoms with van der Waals surface area (Å²) in [6.45, 7) is 2.28. The molecular formula is C17H36N2S. The highest BCUT2D eigenvalue weighted by atomic mass is 32.2. The molecule has 0 aliphatic carbocycles. The van der Waals surface area contributed by atoms with Gasteiger partial charge in [0.05, 0.1) is 0 Å². The molecular weight excluding hydrogens is 264 g/mol. The van der Waals surface area contributed by atoms with Crippen LogP contribution in [0.15, 0.2) is 0 Å². The van der Waals surface area contributed by atoms with Crippen molar-refractivity contribution in [3.05, 3.63) is 0 Å². The molecule has 0 rings (SSSR count). The van der Waals surface area contributed by atoms with Gasteiger partial charge in [0.2, 0.25) is 0 Å². The van der Waals surface area contributed by atoms with Crippen LogP contribution in [0.3, 0.4) is 0 Å². The molecule has 120 valence electrons. The standard InChI is InChI=1S/C17H36N2S/c1-2-3-4-5-6-7-8-9-10-11-12-13-14-15-16-20-17(18)19/h2-16H2,1H3,(H3,18,19). The van der Waals surface area contributed by atoms with Crippen molar-refractivity contribution in [2.24, 2.45) is 5.73 Å². The molecule has 0 fully saturated rings. The Labute approximate surface area is 131 Å². The summed E-state index contributed by atoms with van der Waals surface area (Å²) in [7, 11) is 0. The van der Waals surface area contributed by atoms with Crippen molar-refractivity contribution in [1.82, 2.24) is 0 Å². The summed E-state index contributed by atoms with van der Waals surface area (Å²) in [5.74, 6) is 1.02. The molecule has 20 heavy (non-hydrogen) atoms. The third-order valence-corrected chi connectivity index (χ3v) is 4.56. The summed E-state index contributed by atoms with van der Waals surface area (Å²) < 4.78 is 0. The Morgan fingerprint density at radius 2 is 1.05 bits per heavy atom. The van der Waals surface area contributed by atoms with Gasteiger partial charge in [-0.1, -0.05) is 102 Å². The quantitative estimate of drug-likeness (QED) is 0.218. The van der Waals surface area contributed by atoms with Crippen LogP contribution in [0, 0.1) is 5.41 Å². The lowest BCUT2D eigenvalue weighted by Crippen LogP contribution is -2.04. The first-order valence-electron chi connectivity index (χ1n) is 8.74. The largest absolute Gasteiger partial charge is 0.379 e. The van der Waals surface area contributed by atoms with E-state index in [-0.39, 0.29) is 5.17 Å². The summed E-state index contributed by atoms with van der Waals surface area (Å²) in [6, 6.07) is 0. The predicted octanol–water partition coefficient (Wildman–Crippen LogP) is 6.09. The van der Waals surface area contributed by atoms with Crippen LogP contribution < -0.4 is 5.73 Å². The van der Waals surface area contributed by atoms with Gasteiger partial charge in [0.15, 0.2) is 5.17 Å². The Bertz CT molecular complexity index is 207. The first-order valence-corrected chi connectivity index (χ1v) is 9.72. The molecule has 0 spiro atoms. The fourth-order valence-corrected chi connectivity index (χ4v) is 3.05. The molecule has 0 heterocycles. The summed E-state index contributed by atoms with van der Waals surface area (Å²) in [5, 5.41) is 7.37. The van der Waals surface area contributed by atoms with Crippen LogP contribution in [-0.4, -0.2) is 10.9 Å². The number of hydrogen-bond acceptors (Lipinski definition) is 2. The molecule has 0 saturated carbocycles. The molecule has 0 aromatic rings. The summed E-state index contributed by atoms with van der Waals surface area (Å²) in [6.07, 6.45) is 19.6. The van der Waals surface area contributed by atoms with Crippen LogP contribution in [0.25, 0.3) is 0 Å². The number of nitrogens with two attached hydrogens (primary N) is 1. The van der Waals surface area contributed by atoms with Crippen molar-refractivity contribution in [2.45, 2.75) is 96.8 Å². The van der Waals surface area contributed by atoms with E-state index < -0.39 is 0 Å². The minimum absolute atomic E-state index is 0.264. The van der Waals surface area contributed by atoms with Gasteiger partial charge in [-0.2, -0.15) is 0 Å². The number of hydrogen-bond donors (Lipinski definition) is 2. The summed E-state index contributed by atoms with van der Waals surface area (Å²) in [5.41, 5.74) is 5.29. The molecule has 0 aromatic heterocycles.